The van der Waals surface area contributed by atoms with Crippen LogP contribution in [0.25, 0.3) is 0 Å². The molecule has 0 atom stereocenters. The Morgan fingerprint density at radius 2 is 1.93 bits per heavy atom. The van der Waals surface area contributed by atoms with Gasteiger partial charge in [-0.2, -0.15) is 0 Å². The molecule has 78 valence electrons. The zero-order valence-electron chi connectivity index (χ0n) is 8.20. The van der Waals surface area contributed by atoms with Crippen LogP contribution in [0, 0.1) is 5.82 Å². The molecule has 0 bridgehead atoms. The normalized spacial score (nSPS) is 11.6. The molecular formula is C9H11BrClFOSi. The monoisotopic (exact) mass is 296 g/mol. The van der Waals surface area contributed by atoms with Gasteiger partial charge in [-0.25, -0.2) is 4.39 Å². The van der Waals surface area contributed by atoms with E-state index in [0.29, 0.717) is 10.2 Å². The number of hydrogen-bond acceptors (Lipinski definition) is 1. The summed E-state index contributed by atoms with van der Waals surface area (Å²) < 4.78 is 19.1. The number of hydrogen-bond donors (Lipinski definition) is 0. The summed E-state index contributed by atoms with van der Waals surface area (Å²) in [7, 11) is -1.66. The molecule has 0 aromatic heterocycles. The van der Waals surface area contributed by atoms with E-state index in [4.69, 9.17) is 16.0 Å². The molecule has 1 rings (SSSR count). The largest absolute Gasteiger partial charge is 0.544 e. The Balaban J connectivity index is 3.02. The topological polar surface area (TPSA) is 9.23 Å². The number of benzene rings is 1. The SMILES string of the molecule is C[Si](C)(C)Oc1cc(Cl)c(F)c(Br)c1. The van der Waals surface area contributed by atoms with Gasteiger partial charge in [0.05, 0.1) is 9.50 Å². The molecule has 0 aliphatic carbocycles. The molecule has 0 unspecified atom stereocenters. The molecule has 1 nitrogen and oxygen atoms in total. The second-order valence-corrected chi connectivity index (χ2v) is 9.61. The maximum absolute atomic E-state index is 13.1. The van der Waals surface area contributed by atoms with Crippen LogP contribution in [0.3, 0.4) is 0 Å². The molecular weight excluding hydrogens is 287 g/mol. The molecule has 14 heavy (non-hydrogen) atoms. The summed E-state index contributed by atoms with van der Waals surface area (Å²) in [4.78, 5) is 0. The van der Waals surface area contributed by atoms with E-state index in [1.54, 1.807) is 6.07 Å². The highest BCUT2D eigenvalue weighted by molar-refractivity contribution is 9.10. The van der Waals surface area contributed by atoms with E-state index in [2.05, 4.69) is 35.6 Å². The predicted molar refractivity (Wildman–Crippen MR) is 63.1 cm³/mol. The van der Waals surface area contributed by atoms with Crippen molar-refractivity contribution in [1.82, 2.24) is 0 Å². The van der Waals surface area contributed by atoms with Crippen molar-refractivity contribution in [3.63, 3.8) is 0 Å². The Hall–Kier alpha value is -0.0631. The van der Waals surface area contributed by atoms with Gasteiger partial charge >= 0.3 is 0 Å². The summed E-state index contributed by atoms with van der Waals surface area (Å²) >= 11 is 8.76. The van der Waals surface area contributed by atoms with E-state index >= 15 is 0 Å². The Morgan fingerprint density at radius 3 is 2.36 bits per heavy atom. The van der Waals surface area contributed by atoms with E-state index in [1.165, 1.54) is 6.07 Å². The highest BCUT2D eigenvalue weighted by Crippen LogP contribution is 2.30. The van der Waals surface area contributed by atoms with Gasteiger partial charge in [0, 0.05) is 6.07 Å². The first-order valence-corrected chi connectivity index (χ1v) is 8.71. The van der Waals surface area contributed by atoms with Crippen LogP contribution in [0.15, 0.2) is 16.6 Å². The summed E-state index contributed by atoms with van der Waals surface area (Å²) in [6, 6.07) is 3.10. The smallest absolute Gasteiger partial charge is 0.242 e. The average molecular weight is 298 g/mol. The van der Waals surface area contributed by atoms with Gasteiger partial charge in [-0.05, 0) is 41.6 Å². The van der Waals surface area contributed by atoms with Crippen molar-refractivity contribution in [1.29, 1.82) is 0 Å². The van der Waals surface area contributed by atoms with Crippen molar-refractivity contribution in [2.45, 2.75) is 19.6 Å². The minimum Gasteiger partial charge on any atom is -0.544 e. The first kappa shape index (κ1) is 12.0. The first-order valence-electron chi connectivity index (χ1n) is 4.13. The molecule has 0 aliphatic heterocycles. The quantitative estimate of drug-likeness (QED) is 0.578. The summed E-state index contributed by atoms with van der Waals surface area (Å²) in [5.41, 5.74) is 0. The lowest BCUT2D eigenvalue weighted by molar-refractivity contribution is 0.551. The van der Waals surface area contributed by atoms with Crippen molar-refractivity contribution in [3.8, 4) is 5.75 Å². The second-order valence-electron chi connectivity index (χ2n) is 3.92. The molecule has 0 radical (unpaired) electrons. The van der Waals surface area contributed by atoms with Gasteiger partial charge in [0.1, 0.15) is 5.75 Å². The molecule has 0 saturated carbocycles. The fourth-order valence-electron chi connectivity index (χ4n) is 0.945. The summed E-state index contributed by atoms with van der Waals surface area (Å²) in [6.45, 7) is 6.16. The van der Waals surface area contributed by atoms with Crippen molar-refractivity contribution >= 4 is 35.8 Å². The van der Waals surface area contributed by atoms with E-state index in [1.807, 2.05) is 0 Å². The van der Waals surface area contributed by atoms with Gasteiger partial charge in [0.15, 0.2) is 5.82 Å². The maximum atomic E-state index is 13.1. The Morgan fingerprint density at radius 1 is 1.36 bits per heavy atom. The molecule has 0 aliphatic rings. The molecule has 0 heterocycles. The van der Waals surface area contributed by atoms with Gasteiger partial charge in [-0.1, -0.05) is 11.6 Å². The summed E-state index contributed by atoms with van der Waals surface area (Å²) in [6.07, 6.45) is 0. The number of halogens is 3. The minimum atomic E-state index is -1.66. The third kappa shape index (κ3) is 3.26. The van der Waals surface area contributed by atoms with E-state index < -0.39 is 14.1 Å². The molecule has 1 aromatic carbocycles. The highest BCUT2D eigenvalue weighted by atomic mass is 79.9. The van der Waals surface area contributed by atoms with Gasteiger partial charge in [0.25, 0.3) is 0 Å². The van der Waals surface area contributed by atoms with Crippen LogP contribution in [0.4, 0.5) is 4.39 Å². The highest BCUT2D eigenvalue weighted by Gasteiger charge is 2.17. The van der Waals surface area contributed by atoms with E-state index in [-0.39, 0.29) is 5.02 Å². The third-order valence-corrected chi connectivity index (χ3v) is 3.08. The fourth-order valence-corrected chi connectivity index (χ4v) is 2.53. The van der Waals surface area contributed by atoms with Crippen molar-refractivity contribution < 1.29 is 8.82 Å². The molecule has 0 spiro atoms. The van der Waals surface area contributed by atoms with Crippen LogP contribution in [-0.4, -0.2) is 8.32 Å². The van der Waals surface area contributed by atoms with Crippen molar-refractivity contribution in [2.24, 2.45) is 0 Å². The lowest BCUT2D eigenvalue weighted by Gasteiger charge is -2.19. The molecule has 5 heteroatoms. The first-order chi connectivity index (χ1) is 6.29. The number of rotatable bonds is 2. The molecule has 1 aromatic rings. The Kier molecular flexibility index (Phi) is 3.61. The summed E-state index contributed by atoms with van der Waals surface area (Å²) in [5.74, 6) is 0.164. The minimum absolute atomic E-state index is 0.0765. The third-order valence-electron chi connectivity index (χ3n) is 1.38. The zero-order chi connectivity index (χ0) is 10.9. The van der Waals surface area contributed by atoms with Gasteiger partial charge in [0.2, 0.25) is 8.32 Å². The van der Waals surface area contributed by atoms with Gasteiger partial charge < -0.3 is 4.43 Å². The van der Waals surface area contributed by atoms with Crippen molar-refractivity contribution in [2.75, 3.05) is 0 Å². The average Bonchev–Trinajstić information content (AvgIpc) is 1.96. The maximum Gasteiger partial charge on any atom is 0.242 e. The fraction of sp³-hybridized carbons (Fsp3) is 0.333. The van der Waals surface area contributed by atoms with Crippen LogP contribution in [0.1, 0.15) is 0 Å². The van der Waals surface area contributed by atoms with Crippen LogP contribution in [-0.2, 0) is 0 Å². The Bertz CT molecular complexity index is 328. The van der Waals surface area contributed by atoms with Crippen LogP contribution < -0.4 is 4.43 Å². The van der Waals surface area contributed by atoms with E-state index in [9.17, 15) is 4.39 Å². The summed E-state index contributed by atoms with van der Waals surface area (Å²) in [5, 5.41) is 0.0765. The molecule has 0 N–H and O–H groups in total. The zero-order valence-corrected chi connectivity index (χ0v) is 11.5. The van der Waals surface area contributed by atoms with Crippen LogP contribution in [0.5, 0.6) is 5.75 Å². The molecule has 0 saturated heterocycles. The predicted octanol–water partition coefficient (Wildman–Crippen LogP) is 4.46. The van der Waals surface area contributed by atoms with Crippen molar-refractivity contribution in [3.05, 3.63) is 27.4 Å². The van der Waals surface area contributed by atoms with Crippen LogP contribution in [0.2, 0.25) is 24.7 Å². The standard InChI is InChI=1S/C9H11BrClFOSi/c1-14(2,3)13-6-4-7(10)9(12)8(11)5-6/h4-5H,1-3H3. The molecule has 0 amide bonds. The lowest BCUT2D eigenvalue weighted by atomic mass is 10.3. The molecule has 0 fully saturated rings. The Labute approximate surface area is 97.5 Å². The van der Waals surface area contributed by atoms with Crippen LogP contribution >= 0.6 is 27.5 Å². The van der Waals surface area contributed by atoms with E-state index in [0.717, 1.165) is 0 Å². The second kappa shape index (κ2) is 4.21. The lowest BCUT2D eigenvalue weighted by Crippen LogP contribution is -2.29. The van der Waals surface area contributed by atoms with Gasteiger partial charge in [-0.15, -0.1) is 0 Å². The van der Waals surface area contributed by atoms with Gasteiger partial charge in [-0.3, -0.25) is 0 Å².